The zero-order chi connectivity index (χ0) is 15.7. The Morgan fingerprint density at radius 1 is 1.24 bits per heavy atom. The summed E-state index contributed by atoms with van der Waals surface area (Å²) >= 11 is 0. The number of benzene rings is 1. The summed E-state index contributed by atoms with van der Waals surface area (Å²) < 4.78 is 10.4. The Labute approximate surface area is 127 Å². The maximum absolute atomic E-state index is 11.4. The number of carbonyl (C=O) groups is 1. The first-order valence-electron chi connectivity index (χ1n) is 7.28. The Hall–Kier alpha value is -1.95. The summed E-state index contributed by atoms with van der Waals surface area (Å²) in [5.74, 6) is 7.02. The molecule has 1 aromatic carbocycles. The summed E-state index contributed by atoms with van der Waals surface area (Å²) in [5.41, 5.74) is 1.01. The Balaban J connectivity index is 2.68. The van der Waals surface area contributed by atoms with Crippen LogP contribution in [0.15, 0.2) is 24.3 Å². The van der Waals surface area contributed by atoms with Gasteiger partial charge in [-0.3, -0.25) is 4.79 Å². The molecule has 0 N–H and O–H groups in total. The van der Waals surface area contributed by atoms with E-state index in [1.165, 1.54) is 7.11 Å². The van der Waals surface area contributed by atoms with Crippen molar-refractivity contribution in [2.24, 2.45) is 5.92 Å². The van der Waals surface area contributed by atoms with E-state index in [2.05, 4.69) is 25.7 Å². The lowest BCUT2D eigenvalue weighted by Gasteiger charge is -2.12. The zero-order valence-corrected chi connectivity index (χ0v) is 13.3. The third kappa shape index (κ3) is 6.35. The van der Waals surface area contributed by atoms with Crippen LogP contribution in [0.4, 0.5) is 0 Å². The SMILES string of the molecule is CC#C[C@@H](CC(=O)OC)c1ccc(OCCC(C)C)cc1. The fourth-order valence-electron chi connectivity index (χ4n) is 1.89. The van der Waals surface area contributed by atoms with E-state index in [1.54, 1.807) is 6.92 Å². The second-order valence-corrected chi connectivity index (χ2v) is 5.33. The van der Waals surface area contributed by atoms with E-state index in [4.69, 9.17) is 9.47 Å². The fraction of sp³-hybridized carbons (Fsp3) is 0.500. The van der Waals surface area contributed by atoms with Crippen molar-refractivity contribution in [3.05, 3.63) is 29.8 Å². The van der Waals surface area contributed by atoms with Crippen LogP contribution in [0.3, 0.4) is 0 Å². The number of carbonyl (C=O) groups excluding carboxylic acids is 1. The maximum atomic E-state index is 11.4. The number of rotatable bonds is 7. The quantitative estimate of drug-likeness (QED) is 0.566. The van der Waals surface area contributed by atoms with Crippen molar-refractivity contribution >= 4 is 5.97 Å². The summed E-state index contributed by atoms with van der Waals surface area (Å²) in [4.78, 5) is 11.4. The van der Waals surface area contributed by atoms with Crippen molar-refractivity contribution in [3.8, 4) is 17.6 Å². The lowest BCUT2D eigenvalue weighted by molar-refractivity contribution is -0.140. The standard InChI is InChI=1S/C18H24O3/c1-5-6-16(13-18(19)20-4)15-7-9-17(10-8-15)21-12-11-14(2)3/h7-10,14,16H,11-13H2,1-4H3/t16-/m0/s1. The second kappa shape index (κ2) is 9.07. The van der Waals surface area contributed by atoms with Crippen molar-refractivity contribution in [1.29, 1.82) is 0 Å². The molecule has 114 valence electrons. The molecule has 0 bridgehead atoms. The molecule has 1 aromatic rings. The molecule has 0 heterocycles. The molecule has 3 nitrogen and oxygen atoms in total. The van der Waals surface area contributed by atoms with Gasteiger partial charge in [0.2, 0.25) is 0 Å². The molecule has 0 fully saturated rings. The summed E-state index contributed by atoms with van der Waals surface area (Å²) in [6.07, 6.45) is 1.30. The van der Waals surface area contributed by atoms with E-state index in [9.17, 15) is 4.79 Å². The second-order valence-electron chi connectivity index (χ2n) is 5.33. The highest BCUT2D eigenvalue weighted by molar-refractivity contribution is 5.71. The first-order valence-corrected chi connectivity index (χ1v) is 7.28. The Kier molecular flexibility index (Phi) is 7.39. The van der Waals surface area contributed by atoms with Gasteiger partial charge in [-0.25, -0.2) is 0 Å². The van der Waals surface area contributed by atoms with E-state index < -0.39 is 0 Å². The van der Waals surface area contributed by atoms with Gasteiger partial charge in [0.25, 0.3) is 0 Å². The molecular weight excluding hydrogens is 264 g/mol. The average Bonchev–Trinajstić information content (AvgIpc) is 2.47. The lowest BCUT2D eigenvalue weighted by Crippen LogP contribution is -2.07. The van der Waals surface area contributed by atoms with Gasteiger partial charge in [0.15, 0.2) is 0 Å². The summed E-state index contributed by atoms with van der Waals surface area (Å²) in [5, 5.41) is 0. The van der Waals surface area contributed by atoms with Crippen LogP contribution in [0.25, 0.3) is 0 Å². The fourth-order valence-corrected chi connectivity index (χ4v) is 1.89. The van der Waals surface area contributed by atoms with E-state index in [0.29, 0.717) is 5.92 Å². The molecule has 0 aromatic heterocycles. The minimum atomic E-state index is -0.250. The predicted octanol–water partition coefficient (Wildman–Crippen LogP) is 3.78. The Morgan fingerprint density at radius 3 is 2.43 bits per heavy atom. The molecule has 0 aliphatic heterocycles. The predicted molar refractivity (Wildman–Crippen MR) is 84.2 cm³/mol. The number of hydrogen-bond acceptors (Lipinski definition) is 3. The maximum Gasteiger partial charge on any atom is 0.307 e. The van der Waals surface area contributed by atoms with E-state index >= 15 is 0 Å². The summed E-state index contributed by atoms with van der Waals surface area (Å²) in [6.45, 7) is 6.84. The van der Waals surface area contributed by atoms with Crippen molar-refractivity contribution in [2.75, 3.05) is 13.7 Å². The van der Waals surface area contributed by atoms with Crippen LogP contribution in [0.1, 0.15) is 45.1 Å². The van der Waals surface area contributed by atoms with Crippen LogP contribution in [0.5, 0.6) is 5.75 Å². The van der Waals surface area contributed by atoms with E-state index in [-0.39, 0.29) is 18.3 Å². The van der Waals surface area contributed by atoms with Crippen LogP contribution in [0.2, 0.25) is 0 Å². The van der Waals surface area contributed by atoms with Crippen LogP contribution in [0, 0.1) is 17.8 Å². The minimum Gasteiger partial charge on any atom is -0.494 e. The molecule has 0 saturated heterocycles. The highest BCUT2D eigenvalue weighted by atomic mass is 16.5. The van der Waals surface area contributed by atoms with Crippen molar-refractivity contribution < 1.29 is 14.3 Å². The number of hydrogen-bond donors (Lipinski definition) is 0. The van der Waals surface area contributed by atoms with Crippen LogP contribution in [-0.4, -0.2) is 19.7 Å². The number of ether oxygens (including phenoxy) is 2. The third-order valence-corrected chi connectivity index (χ3v) is 3.16. The molecular formula is C18H24O3. The minimum absolute atomic E-state index is 0.132. The van der Waals surface area contributed by atoms with E-state index in [1.807, 2.05) is 24.3 Å². The van der Waals surface area contributed by atoms with Gasteiger partial charge in [-0.05, 0) is 37.0 Å². The first kappa shape index (κ1) is 17.1. The van der Waals surface area contributed by atoms with Crippen LogP contribution in [-0.2, 0) is 9.53 Å². The molecule has 0 saturated carbocycles. The monoisotopic (exact) mass is 288 g/mol. The summed E-state index contributed by atoms with van der Waals surface area (Å²) in [6, 6.07) is 7.78. The Bertz CT molecular complexity index is 491. The smallest absolute Gasteiger partial charge is 0.307 e. The molecule has 21 heavy (non-hydrogen) atoms. The molecule has 0 aliphatic rings. The van der Waals surface area contributed by atoms with Gasteiger partial charge in [0.05, 0.1) is 26.1 Å². The normalized spacial score (nSPS) is 11.5. The van der Waals surface area contributed by atoms with Crippen molar-refractivity contribution in [3.63, 3.8) is 0 Å². The molecule has 1 rings (SSSR count). The van der Waals surface area contributed by atoms with Gasteiger partial charge in [0, 0.05) is 0 Å². The summed E-state index contributed by atoms with van der Waals surface area (Å²) in [7, 11) is 1.39. The van der Waals surface area contributed by atoms with Gasteiger partial charge < -0.3 is 9.47 Å². The lowest BCUT2D eigenvalue weighted by atomic mass is 9.96. The molecule has 0 radical (unpaired) electrons. The molecule has 0 spiro atoms. The molecule has 0 amide bonds. The molecule has 1 atom stereocenters. The van der Waals surface area contributed by atoms with Gasteiger partial charge >= 0.3 is 5.97 Å². The first-order chi connectivity index (χ1) is 10.1. The van der Waals surface area contributed by atoms with Crippen molar-refractivity contribution in [2.45, 2.75) is 39.5 Å². The molecule has 0 aliphatic carbocycles. The highest BCUT2D eigenvalue weighted by Crippen LogP contribution is 2.22. The highest BCUT2D eigenvalue weighted by Gasteiger charge is 2.14. The Morgan fingerprint density at radius 2 is 1.90 bits per heavy atom. The van der Waals surface area contributed by atoms with Gasteiger partial charge in [0.1, 0.15) is 5.75 Å². The molecule has 0 unspecified atom stereocenters. The van der Waals surface area contributed by atoms with Gasteiger partial charge in [-0.2, -0.15) is 0 Å². The van der Waals surface area contributed by atoms with Crippen LogP contribution < -0.4 is 4.74 Å². The number of methoxy groups -OCH3 is 1. The topological polar surface area (TPSA) is 35.5 Å². The van der Waals surface area contributed by atoms with E-state index in [0.717, 1.165) is 24.3 Å². The van der Waals surface area contributed by atoms with Crippen LogP contribution >= 0.6 is 0 Å². The third-order valence-electron chi connectivity index (χ3n) is 3.16. The average molecular weight is 288 g/mol. The largest absolute Gasteiger partial charge is 0.494 e. The van der Waals surface area contributed by atoms with Crippen molar-refractivity contribution in [1.82, 2.24) is 0 Å². The van der Waals surface area contributed by atoms with Gasteiger partial charge in [-0.1, -0.05) is 31.9 Å². The zero-order valence-electron chi connectivity index (χ0n) is 13.3. The molecule has 3 heteroatoms. The number of esters is 1. The van der Waals surface area contributed by atoms with Gasteiger partial charge in [-0.15, -0.1) is 5.92 Å².